The predicted octanol–water partition coefficient (Wildman–Crippen LogP) is 11.8. The summed E-state index contributed by atoms with van der Waals surface area (Å²) in [6.07, 6.45) is 46.5. The van der Waals surface area contributed by atoms with E-state index in [1.807, 2.05) is 0 Å². The topological polar surface area (TPSA) is 152 Å². The van der Waals surface area contributed by atoms with Crippen molar-refractivity contribution in [3.05, 3.63) is 60.8 Å². The first kappa shape index (κ1) is 58.4. The van der Waals surface area contributed by atoms with Gasteiger partial charge in [-0.25, -0.2) is 0 Å². The van der Waals surface area contributed by atoms with Crippen molar-refractivity contribution in [2.45, 2.75) is 243 Å². The SMILES string of the molecule is CCC/C=C/C/C=C/C/C=C/C/C=C/CCCCCC(=O)OC[C@H](CO[C@@H]1O[C@H](CO)[C@H](O)C(O)C1O)OC(=O)CCCCCCCCCCCCC/C=C/CCCCCCCC. The van der Waals surface area contributed by atoms with Crippen LogP contribution in [0.5, 0.6) is 0 Å². The minimum Gasteiger partial charge on any atom is -0.462 e. The molecule has 0 radical (unpaired) electrons. The zero-order chi connectivity index (χ0) is 45.9. The number of ether oxygens (including phenoxy) is 4. The first-order chi connectivity index (χ1) is 30.8. The summed E-state index contributed by atoms with van der Waals surface area (Å²) in [5, 5.41) is 40.2. The molecular weight excluding hydrogens is 797 g/mol. The van der Waals surface area contributed by atoms with Gasteiger partial charge in [0.05, 0.1) is 13.2 Å². The Kier molecular flexibility index (Phi) is 40.2. The van der Waals surface area contributed by atoms with Crippen molar-refractivity contribution in [1.82, 2.24) is 0 Å². The molecule has 10 heteroatoms. The van der Waals surface area contributed by atoms with Gasteiger partial charge in [-0.05, 0) is 77.0 Å². The molecule has 10 nitrogen and oxygen atoms in total. The number of carbonyl (C=O) groups excluding carboxylic acids is 2. The second-order valence-corrected chi connectivity index (χ2v) is 17.3. The van der Waals surface area contributed by atoms with Crippen molar-refractivity contribution in [1.29, 1.82) is 0 Å². The Morgan fingerprint density at radius 3 is 1.43 bits per heavy atom. The predicted molar refractivity (Wildman–Crippen MR) is 256 cm³/mol. The van der Waals surface area contributed by atoms with Crippen LogP contribution in [0.25, 0.3) is 0 Å². The van der Waals surface area contributed by atoms with Crippen molar-refractivity contribution < 1.29 is 49.0 Å². The lowest BCUT2D eigenvalue weighted by atomic mass is 9.99. The van der Waals surface area contributed by atoms with E-state index in [0.717, 1.165) is 64.2 Å². The molecule has 0 amide bonds. The minimum atomic E-state index is -1.60. The summed E-state index contributed by atoms with van der Waals surface area (Å²) in [6.45, 7) is 3.33. The molecule has 364 valence electrons. The summed E-state index contributed by atoms with van der Waals surface area (Å²) in [4.78, 5) is 25.4. The fourth-order valence-corrected chi connectivity index (χ4v) is 7.35. The van der Waals surface area contributed by atoms with E-state index in [2.05, 4.69) is 74.6 Å². The molecule has 0 spiro atoms. The molecule has 1 rings (SSSR count). The van der Waals surface area contributed by atoms with E-state index in [4.69, 9.17) is 18.9 Å². The van der Waals surface area contributed by atoms with Gasteiger partial charge >= 0.3 is 11.9 Å². The summed E-state index contributed by atoms with van der Waals surface area (Å²) < 4.78 is 22.2. The summed E-state index contributed by atoms with van der Waals surface area (Å²) >= 11 is 0. The van der Waals surface area contributed by atoms with Crippen LogP contribution in [0.1, 0.15) is 206 Å². The Labute approximate surface area is 383 Å². The number of aliphatic hydroxyl groups is 4. The van der Waals surface area contributed by atoms with E-state index in [1.54, 1.807) is 0 Å². The van der Waals surface area contributed by atoms with Crippen LogP contribution in [0, 0.1) is 0 Å². The monoisotopic (exact) mass is 889 g/mol. The molecule has 0 saturated carbocycles. The number of aliphatic hydroxyl groups excluding tert-OH is 4. The van der Waals surface area contributed by atoms with Crippen LogP contribution >= 0.6 is 0 Å². The molecule has 0 aromatic carbocycles. The average Bonchev–Trinajstić information content (AvgIpc) is 3.28. The van der Waals surface area contributed by atoms with Crippen LogP contribution in [0.2, 0.25) is 0 Å². The first-order valence-corrected chi connectivity index (χ1v) is 25.4. The Morgan fingerprint density at radius 1 is 0.492 bits per heavy atom. The minimum absolute atomic E-state index is 0.220. The number of esters is 2. The van der Waals surface area contributed by atoms with Crippen LogP contribution in [-0.2, 0) is 28.5 Å². The molecule has 4 N–H and O–H groups in total. The molecule has 1 aliphatic rings. The van der Waals surface area contributed by atoms with Crippen molar-refractivity contribution in [2.75, 3.05) is 19.8 Å². The maximum absolute atomic E-state index is 12.8. The van der Waals surface area contributed by atoms with Crippen LogP contribution < -0.4 is 0 Å². The highest BCUT2D eigenvalue weighted by Crippen LogP contribution is 2.23. The normalized spacial score (nSPS) is 20.0. The summed E-state index contributed by atoms with van der Waals surface area (Å²) in [5.41, 5.74) is 0. The second-order valence-electron chi connectivity index (χ2n) is 17.3. The van der Waals surface area contributed by atoms with Gasteiger partial charge in [0.25, 0.3) is 0 Å². The van der Waals surface area contributed by atoms with E-state index in [0.29, 0.717) is 12.8 Å². The maximum Gasteiger partial charge on any atom is 0.306 e. The van der Waals surface area contributed by atoms with E-state index < -0.39 is 55.4 Å². The van der Waals surface area contributed by atoms with Gasteiger partial charge in [0, 0.05) is 12.8 Å². The standard InChI is InChI=1S/C53H92O10/c1-3-5-7-9-11-13-15-17-19-21-22-23-24-26-28-30-32-34-36-38-40-42-49(56)62-46(45-61-53-52(59)51(58)50(57)47(43-54)63-53)44-60-48(55)41-39-37-35-33-31-29-27-25-20-18-16-14-12-10-8-6-4-2/h8,10,14,16-17,19-20,25,29,31,46-47,50-54,57-59H,3-7,9,11-13,15,18,21-24,26-28,30,32-45H2,1-2H3/b10-8+,16-14+,19-17+,25-20+,31-29+/t46-,47-,50+,51?,52?,53-/m1/s1. The number of carbonyl (C=O) groups is 2. The Bertz CT molecular complexity index is 1210. The number of rotatable bonds is 42. The molecule has 0 aromatic heterocycles. The van der Waals surface area contributed by atoms with Crippen LogP contribution in [-0.4, -0.2) is 89.0 Å². The van der Waals surface area contributed by atoms with Crippen molar-refractivity contribution in [3.8, 4) is 0 Å². The van der Waals surface area contributed by atoms with Gasteiger partial charge < -0.3 is 39.4 Å². The summed E-state index contributed by atoms with van der Waals surface area (Å²) in [7, 11) is 0. The smallest absolute Gasteiger partial charge is 0.306 e. The van der Waals surface area contributed by atoms with E-state index in [1.165, 1.54) is 103 Å². The number of unbranched alkanes of at least 4 members (excludes halogenated alkanes) is 21. The summed E-state index contributed by atoms with van der Waals surface area (Å²) in [6, 6.07) is 0. The van der Waals surface area contributed by atoms with Gasteiger partial charge in [0.1, 0.15) is 31.0 Å². The van der Waals surface area contributed by atoms with Crippen LogP contribution in [0.4, 0.5) is 0 Å². The molecule has 0 bridgehead atoms. The lowest BCUT2D eigenvalue weighted by Gasteiger charge is -2.39. The highest BCUT2D eigenvalue weighted by Gasteiger charge is 2.44. The quantitative estimate of drug-likeness (QED) is 0.0265. The van der Waals surface area contributed by atoms with Gasteiger partial charge in [0.2, 0.25) is 0 Å². The fourth-order valence-electron chi connectivity index (χ4n) is 7.35. The third kappa shape index (κ3) is 34.4. The van der Waals surface area contributed by atoms with Gasteiger partial charge in [0.15, 0.2) is 12.4 Å². The largest absolute Gasteiger partial charge is 0.462 e. The van der Waals surface area contributed by atoms with E-state index >= 15 is 0 Å². The highest BCUT2D eigenvalue weighted by molar-refractivity contribution is 5.70. The molecule has 1 aliphatic heterocycles. The summed E-state index contributed by atoms with van der Waals surface area (Å²) in [5.74, 6) is -0.842. The van der Waals surface area contributed by atoms with Crippen molar-refractivity contribution >= 4 is 11.9 Å². The maximum atomic E-state index is 12.8. The Hall–Kier alpha value is -2.60. The zero-order valence-electron chi connectivity index (χ0n) is 39.8. The molecule has 1 saturated heterocycles. The highest BCUT2D eigenvalue weighted by atomic mass is 16.7. The lowest BCUT2D eigenvalue weighted by molar-refractivity contribution is -0.305. The first-order valence-electron chi connectivity index (χ1n) is 25.4. The number of hydrogen-bond acceptors (Lipinski definition) is 10. The van der Waals surface area contributed by atoms with Crippen LogP contribution in [0.15, 0.2) is 60.8 Å². The van der Waals surface area contributed by atoms with Crippen LogP contribution in [0.3, 0.4) is 0 Å². The average molecular weight is 889 g/mol. The number of allylic oxidation sites excluding steroid dienone is 10. The second kappa shape index (κ2) is 43.3. The van der Waals surface area contributed by atoms with Gasteiger partial charge in [-0.1, -0.05) is 177 Å². The van der Waals surface area contributed by atoms with Crippen molar-refractivity contribution in [2.24, 2.45) is 0 Å². The zero-order valence-corrected chi connectivity index (χ0v) is 39.8. The third-order valence-corrected chi connectivity index (χ3v) is 11.4. The number of hydrogen-bond donors (Lipinski definition) is 4. The molecule has 0 aliphatic carbocycles. The fraction of sp³-hybridized carbons (Fsp3) is 0.774. The molecule has 6 atom stereocenters. The molecule has 63 heavy (non-hydrogen) atoms. The van der Waals surface area contributed by atoms with Gasteiger partial charge in [-0.2, -0.15) is 0 Å². The van der Waals surface area contributed by atoms with E-state index in [9.17, 15) is 30.0 Å². The van der Waals surface area contributed by atoms with Gasteiger partial charge in [-0.3, -0.25) is 9.59 Å². The van der Waals surface area contributed by atoms with Gasteiger partial charge in [-0.15, -0.1) is 0 Å². The molecule has 1 fully saturated rings. The molecule has 1 heterocycles. The molecular formula is C53H92O10. The van der Waals surface area contributed by atoms with E-state index in [-0.39, 0.29) is 26.1 Å². The Morgan fingerprint density at radius 2 is 0.921 bits per heavy atom. The lowest BCUT2D eigenvalue weighted by Crippen LogP contribution is -2.59. The van der Waals surface area contributed by atoms with Crippen molar-refractivity contribution in [3.63, 3.8) is 0 Å². The third-order valence-electron chi connectivity index (χ3n) is 11.4. The molecule has 2 unspecified atom stereocenters. The Balaban J connectivity index is 2.29. The molecule has 0 aromatic rings.